The lowest BCUT2D eigenvalue weighted by Gasteiger charge is -2.38. The lowest BCUT2D eigenvalue weighted by atomic mass is 9.75. The molecule has 2 aromatic heterocycles. The van der Waals surface area contributed by atoms with Crippen molar-refractivity contribution in [2.45, 2.75) is 25.0 Å². The Morgan fingerprint density at radius 3 is 2.88 bits per heavy atom. The van der Waals surface area contributed by atoms with Crippen LogP contribution in [-0.4, -0.2) is 27.1 Å². The van der Waals surface area contributed by atoms with Crippen molar-refractivity contribution in [2.24, 2.45) is 5.92 Å². The Bertz CT molecular complexity index is 920. The zero-order valence-corrected chi connectivity index (χ0v) is 14.2. The van der Waals surface area contributed by atoms with E-state index in [1.54, 1.807) is 11.6 Å². The summed E-state index contributed by atoms with van der Waals surface area (Å²) >= 11 is 1.24. The van der Waals surface area contributed by atoms with E-state index in [0.29, 0.717) is 23.7 Å². The number of carbonyl (C=O) groups excluding carboxylic acids is 1. The summed E-state index contributed by atoms with van der Waals surface area (Å²) in [4.78, 5) is 21.1. The van der Waals surface area contributed by atoms with Crippen LogP contribution < -0.4 is 11.1 Å². The molecule has 0 spiro atoms. The number of amides is 1. The average Bonchev–Trinajstić information content (AvgIpc) is 3.03. The first-order chi connectivity index (χ1) is 12.1. The molecule has 1 aliphatic rings. The van der Waals surface area contributed by atoms with Crippen LogP contribution in [0.4, 0.5) is 5.13 Å². The maximum absolute atomic E-state index is 12.5. The molecule has 0 aliphatic heterocycles. The molecule has 1 aliphatic carbocycles. The largest absolute Gasteiger partial charge is 0.393 e. The van der Waals surface area contributed by atoms with Crippen molar-refractivity contribution < 1.29 is 9.90 Å². The van der Waals surface area contributed by atoms with Crippen LogP contribution in [0, 0.1) is 5.92 Å². The fourth-order valence-corrected chi connectivity index (χ4v) is 3.78. The molecule has 3 aromatic rings. The van der Waals surface area contributed by atoms with Gasteiger partial charge >= 0.3 is 0 Å². The number of fused-ring (bicyclic) bond motifs is 1. The molecule has 4 rings (SSSR count). The van der Waals surface area contributed by atoms with Crippen LogP contribution in [-0.2, 0) is 0 Å². The number of hydrogen-bond donors (Lipinski definition) is 3. The first-order valence-electron chi connectivity index (χ1n) is 8.15. The van der Waals surface area contributed by atoms with Gasteiger partial charge in [0.15, 0.2) is 5.13 Å². The van der Waals surface area contributed by atoms with Gasteiger partial charge in [0.05, 0.1) is 17.7 Å². The molecular formula is C18H18N4O2S. The first kappa shape index (κ1) is 16.0. The second-order valence-electron chi connectivity index (χ2n) is 6.37. The summed E-state index contributed by atoms with van der Waals surface area (Å²) in [6.45, 7) is 0. The summed E-state index contributed by atoms with van der Waals surface area (Å²) in [6.07, 6.45) is 2.83. The predicted octanol–water partition coefficient (Wildman–Crippen LogP) is 2.52. The van der Waals surface area contributed by atoms with Gasteiger partial charge in [0.1, 0.15) is 5.69 Å². The van der Waals surface area contributed by atoms with Gasteiger partial charge in [-0.1, -0.05) is 18.2 Å². The summed E-state index contributed by atoms with van der Waals surface area (Å²) in [5.41, 5.74) is 7.79. The number of rotatable bonds is 4. The van der Waals surface area contributed by atoms with Crippen molar-refractivity contribution in [1.82, 2.24) is 15.3 Å². The number of benzene rings is 1. The highest BCUT2D eigenvalue weighted by molar-refractivity contribution is 7.13. The first-order valence-corrected chi connectivity index (χ1v) is 9.03. The van der Waals surface area contributed by atoms with Gasteiger partial charge < -0.3 is 16.2 Å². The standard InChI is InChI=1S/C18H18N4O2S/c19-18-21-15(9-25-18)17(24)22-16(11-6-13(23)7-11)12-5-10-3-1-2-4-14(10)20-8-12/h1-5,8-9,11,13,16,23H,6-7H2,(H2,19,21)(H,22,24). The van der Waals surface area contributed by atoms with Crippen molar-refractivity contribution in [3.8, 4) is 0 Å². The van der Waals surface area contributed by atoms with Crippen molar-refractivity contribution in [3.05, 3.63) is 53.2 Å². The van der Waals surface area contributed by atoms with E-state index in [1.807, 2.05) is 30.3 Å². The van der Waals surface area contributed by atoms with Gasteiger partial charge in [-0.2, -0.15) is 0 Å². The Kier molecular flexibility index (Phi) is 4.10. The second-order valence-corrected chi connectivity index (χ2v) is 7.26. The van der Waals surface area contributed by atoms with E-state index >= 15 is 0 Å². The lowest BCUT2D eigenvalue weighted by Crippen LogP contribution is -2.41. The number of hydrogen-bond acceptors (Lipinski definition) is 6. The summed E-state index contributed by atoms with van der Waals surface area (Å²) in [5, 5.41) is 15.8. The number of aromatic nitrogens is 2. The summed E-state index contributed by atoms with van der Waals surface area (Å²) < 4.78 is 0. The van der Waals surface area contributed by atoms with Gasteiger partial charge in [-0.15, -0.1) is 11.3 Å². The number of nitrogens with two attached hydrogens (primary N) is 1. The van der Waals surface area contributed by atoms with E-state index < -0.39 is 0 Å². The number of nitrogen functional groups attached to an aromatic ring is 1. The van der Waals surface area contributed by atoms with Crippen LogP contribution in [0.2, 0.25) is 0 Å². The number of nitrogens with one attached hydrogen (secondary N) is 1. The van der Waals surface area contributed by atoms with E-state index in [9.17, 15) is 9.90 Å². The van der Waals surface area contributed by atoms with E-state index in [0.717, 1.165) is 16.5 Å². The van der Waals surface area contributed by atoms with Gasteiger partial charge in [-0.05, 0) is 36.5 Å². The molecule has 1 saturated carbocycles. The number of carbonyl (C=O) groups is 1. The number of nitrogens with zero attached hydrogens (tertiary/aromatic N) is 2. The third-order valence-electron chi connectivity index (χ3n) is 4.63. The lowest BCUT2D eigenvalue weighted by molar-refractivity contribution is 0.0234. The van der Waals surface area contributed by atoms with Gasteiger partial charge in [-0.3, -0.25) is 9.78 Å². The van der Waals surface area contributed by atoms with E-state index in [1.165, 1.54) is 11.3 Å². The Balaban J connectivity index is 1.64. The van der Waals surface area contributed by atoms with Crippen LogP contribution in [0.15, 0.2) is 41.9 Å². The molecule has 1 fully saturated rings. The minimum absolute atomic E-state index is 0.179. The molecule has 7 heteroatoms. The van der Waals surface area contributed by atoms with Crippen molar-refractivity contribution in [3.63, 3.8) is 0 Å². The molecule has 4 N–H and O–H groups in total. The fourth-order valence-electron chi connectivity index (χ4n) is 3.24. The van der Waals surface area contributed by atoms with Crippen LogP contribution >= 0.6 is 11.3 Å². The Labute approximate surface area is 148 Å². The molecule has 0 radical (unpaired) electrons. The minimum atomic E-state index is -0.298. The summed E-state index contributed by atoms with van der Waals surface area (Å²) in [6, 6.07) is 9.71. The molecule has 0 saturated heterocycles. The molecular weight excluding hydrogens is 336 g/mol. The van der Waals surface area contributed by atoms with E-state index in [2.05, 4.69) is 15.3 Å². The van der Waals surface area contributed by atoms with Gasteiger partial charge in [0.2, 0.25) is 0 Å². The predicted molar refractivity (Wildman–Crippen MR) is 97.2 cm³/mol. The quantitative estimate of drug-likeness (QED) is 0.668. The summed E-state index contributed by atoms with van der Waals surface area (Å²) in [7, 11) is 0. The van der Waals surface area contributed by atoms with E-state index in [-0.39, 0.29) is 24.0 Å². The Morgan fingerprint density at radius 1 is 1.36 bits per heavy atom. The molecule has 1 amide bonds. The Hall–Kier alpha value is -2.51. The number of aliphatic hydroxyl groups excluding tert-OH is 1. The third kappa shape index (κ3) is 3.20. The molecule has 6 nitrogen and oxygen atoms in total. The van der Waals surface area contributed by atoms with Gasteiger partial charge in [-0.25, -0.2) is 4.98 Å². The highest BCUT2D eigenvalue weighted by atomic mass is 32.1. The SMILES string of the molecule is Nc1nc(C(=O)NC(c2cnc3ccccc3c2)C2CC(O)C2)cs1. The van der Waals surface area contributed by atoms with Gasteiger partial charge in [0.25, 0.3) is 5.91 Å². The zero-order valence-electron chi connectivity index (χ0n) is 13.4. The number of anilines is 1. The smallest absolute Gasteiger partial charge is 0.271 e. The second kappa shape index (κ2) is 6.42. The maximum Gasteiger partial charge on any atom is 0.271 e. The van der Waals surface area contributed by atoms with Crippen molar-refractivity contribution >= 4 is 33.3 Å². The Morgan fingerprint density at radius 2 is 2.16 bits per heavy atom. The van der Waals surface area contributed by atoms with Crippen molar-refractivity contribution in [2.75, 3.05) is 5.73 Å². The average molecular weight is 354 g/mol. The monoisotopic (exact) mass is 354 g/mol. The number of aliphatic hydroxyl groups is 1. The number of pyridine rings is 1. The number of para-hydroxylation sites is 1. The maximum atomic E-state index is 12.5. The molecule has 25 heavy (non-hydrogen) atoms. The van der Waals surface area contributed by atoms with Crippen molar-refractivity contribution in [1.29, 1.82) is 0 Å². The zero-order chi connectivity index (χ0) is 17.4. The molecule has 1 aromatic carbocycles. The molecule has 0 bridgehead atoms. The number of thiazole rings is 1. The van der Waals surface area contributed by atoms with Crippen LogP contribution in [0.25, 0.3) is 10.9 Å². The summed E-state index contributed by atoms with van der Waals surface area (Å²) in [5.74, 6) is -0.0783. The van der Waals surface area contributed by atoms with Gasteiger partial charge in [0, 0.05) is 17.0 Å². The van der Waals surface area contributed by atoms with Crippen LogP contribution in [0.1, 0.15) is 34.9 Å². The molecule has 1 atom stereocenters. The topological polar surface area (TPSA) is 101 Å². The minimum Gasteiger partial charge on any atom is -0.393 e. The third-order valence-corrected chi connectivity index (χ3v) is 5.31. The molecule has 128 valence electrons. The highest BCUT2D eigenvalue weighted by Crippen LogP contribution is 2.38. The van der Waals surface area contributed by atoms with Crippen LogP contribution in [0.5, 0.6) is 0 Å². The van der Waals surface area contributed by atoms with Crippen LogP contribution in [0.3, 0.4) is 0 Å². The van der Waals surface area contributed by atoms with E-state index in [4.69, 9.17) is 5.73 Å². The molecule has 1 unspecified atom stereocenters. The molecule has 2 heterocycles. The normalized spacial score (nSPS) is 20.8. The fraction of sp³-hybridized carbons (Fsp3) is 0.278. The highest BCUT2D eigenvalue weighted by Gasteiger charge is 2.36.